The van der Waals surface area contributed by atoms with Crippen molar-refractivity contribution in [1.29, 1.82) is 5.26 Å². The summed E-state index contributed by atoms with van der Waals surface area (Å²) in [5.41, 5.74) is 2.13. The first-order valence-corrected chi connectivity index (χ1v) is 10.5. The normalized spacial score (nSPS) is 13.5. The zero-order chi connectivity index (χ0) is 23.4. The molecule has 10 nitrogen and oxygen atoms in total. The summed E-state index contributed by atoms with van der Waals surface area (Å²) in [4.78, 5) is 32.5. The van der Waals surface area contributed by atoms with E-state index in [9.17, 15) is 9.59 Å². The molecule has 0 bridgehead atoms. The lowest BCUT2D eigenvalue weighted by molar-refractivity contribution is -0.129. The third-order valence-electron chi connectivity index (χ3n) is 4.57. The van der Waals surface area contributed by atoms with Crippen LogP contribution in [0.5, 0.6) is 0 Å². The van der Waals surface area contributed by atoms with Crippen molar-refractivity contribution in [3.05, 3.63) is 18.1 Å². The molecule has 0 unspecified atom stereocenters. The van der Waals surface area contributed by atoms with Crippen LogP contribution in [0.15, 0.2) is 12.3 Å². The molecule has 2 rings (SSSR count). The van der Waals surface area contributed by atoms with Crippen LogP contribution in [0.2, 0.25) is 0 Å². The van der Waals surface area contributed by atoms with Crippen molar-refractivity contribution in [2.45, 2.75) is 53.6 Å². The summed E-state index contributed by atoms with van der Waals surface area (Å²) in [6.45, 7) is 15.4. The van der Waals surface area contributed by atoms with E-state index >= 15 is 0 Å². The van der Waals surface area contributed by atoms with E-state index in [1.165, 1.54) is 6.20 Å². The fraction of sp³-hybridized carbons (Fsp3) is 0.667. The predicted molar refractivity (Wildman–Crippen MR) is 118 cm³/mol. The molecule has 0 saturated carbocycles. The van der Waals surface area contributed by atoms with E-state index in [0.29, 0.717) is 18.8 Å². The summed E-state index contributed by atoms with van der Waals surface area (Å²) < 4.78 is 5.38. The van der Waals surface area contributed by atoms with Gasteiger partial charge in [0.25, 0.3) is 0 Å². The van der Waals surface area contributed by atoms with E-state index in [1.807, 2.05) is 45.6 Å². The second-order valence-corrected chi connectivity index (χ2v) is 8.23. The number of nitriles is 1. The van der Waals surface area contributed by atoms with Gasteiger partial charge in [0, 0.05) is 51.9 Å². The number of rotatable bonds is 6. The molecule has 0 spiro atoms. The molecule has 31 heavy (non-hydrogen) atoms. The van der Waals surface area contributed by atoms with Crippen LogP contribution in [0, 0.1) is 17.2 Å². The lowest BCUT2D eigenvalue weighted by Crippen LogP contribution is -2.47. The van der Waals surface area contributed by atoms with Crippen LogP contribution in [-0.2, 0) is 9.53 Å². The molecule has 1 aliphatic heterocycles. The van der Waals surface area contributed by atoms with Gasteiger partial charge in [0.05, 0.1) is 0 Å². The van der Waals surface area contributed by atoms with Gasteiger partial charge in [-0.2, -0.15) is 10.2 Å². The van der Waals surface area contributed by atoms with Crippen LogP contribution in [0.1, 0.15) is 53.8 Å². The number of piperazine rings is 1. The van der Waals surface area contributed by atoms with Crippen LogP contribution < -0.4 is 15.8 Å². The number of hydrogen-bond donors (Lipinski definition) is 2. The summed E-state index contributed by atoms with van der Waals surface area (Å²) >= 11 is 0. The molecule has 2 N–H and O–H groups in total. The molecule has 2 amide bonds. The molecule has 172 valence electrons. The quantitative estimate of drug-likeness (QED) is 0.654. The van der Waals surface area contributed by atoms with Gasteiger partial charge in [-0.1, -0.05) is 20.8 Å². The van der Waals surface area contributed by atoms with Gasteiger partial charge in [0.15, 0.2) is 5.82 Å². The average Bonchev–Trinajstić information content (AvgIpc) is 2.73. The molecular weight excluding hydrogens is 398 g/mol. The molecule has 1 aromatic heterocycles. The zero-order valence-electron chi connectivity index (χ0n) is 19.4. The Kier molecular flexibility index (Phi) is 10.7. The maximum absolute atomic E-state index is 12.1. The number of carbonyl (C=O) groups excluding carboxylic acids is 2. The molecule has 0 radical (unpaired) electrons. The number of ether oxygens (including phenoxy) is 1. The lowest BCUT2D eigenvalue weighted by Gasteiger charge is -2.29. The Morgan fingerprint density at radius 1 is 1.39 bits per heavy atom. The highest BCUT2D eigenvalue weighted by atomic mass is 16.6. The van der Waals surface area contributed by atoms with E-state index in [2.05, 4.69) is 20.7 Å². The van der Waals surface area contributed by atoms with E-state index in [1.54, 1.807) is 18.0 Å². The largest absolute Gasteiger partial charge is 0.442 e. The average molecular weight is 434 g/mol. The predicted octanol–water partition coefficient (Wildman–Crippen LogP) is 2.08. The molecular formula is C21H35N7O3. The van der Waals surface area contributed by atoms with E-state index in [0.717, 1.165) is 26.2 Å². The van der Waals surface area contributed by atoms with Gasteiger partial charge < -0.3 is 15.0 Å². The van der Waals surface area contributed by atoms with Crippen molar-refractivity contribution >= 4 is 17.8 Å². The van der Waals surface area contributed by atoms with Crippen molar-refractivity contribution in [3.63, 3.8) is 0 Å². The maximum Gasteiger partial charge on any atom is 0.426 e. The summed E-state index contributed by atoms with van der Waals surface area (Å²) in [5.74, 6) is 0.971. The van der Waals surface area contributed by atoms with E-state index in [4.69, 9.17) is 10.00 Å². The van der Waals surface area contributed by atoms with Crippen molar-refractivity contribution in [3.8, 4) is 6.07 Å². The van der Waals surface area contributed by atoms with Gasteiger partial charge in [0.2, 0.25) is 11.7 Å². The van der Waals surface area contributed by atoms with Crippen LogP contribution in [-0.4, -0.2) is 65.2 Å². The first-order valence-electron chi connectivity index (χ1n) is 10.5. The topological polar surface area (TPSA) is 123 Å². The van der Waals surface area contributed by atoms with Gasteiger partial charge in [-0.25, -0.2) is 15.2 Å². The summed E-state index contributed by atoms with van der Waals surface area (Å²) in [5, 5.41) is 13.6. The van der Waals surface area contributed by atoms with Crippen molar-refractivity contribution in [2.75, 3.05) is 37.7 Å². The molecule has 1 saturated heterocycles. The number of aromatic nitrogens is 2. The molecule has 1 aromatic rings. The number of carbonyl (C=O) groups is 2. The van der Waals surface area contributed by atoms with Gasteiger partial charge in [-0.3, -0.25) is 9.80 Å². The van der Waals surface area contributed by atoms with Crippen molar-refractivity contribution in [1.82, 2.24) is 25.6 Å². The van der Waals surface area contributed by atoms with Gasteiger partial charge in [-0.15, -0.1) is 0 Å². The van der Waals surface area contributed by atoms with Crippen molar-refractivity contribution in [2.24, 2.45) is 5.92 Å². The van der Waals surface area contributed by atoms with Crippen LogP contribution >= 0.6 is 0 Å². The van der Waals surface area contributed by atoms with E-state index < -0.39 is 11.7 Å². The van der Waals surface area contributed by atoms with Crippen LogP contribution in [0.3, 0.4) is 0 Å². The first kappa shape index (κ1) is 26.1. The Balaban J connectivity index is 0.000000442. The fourth-order valence-corrected chi connectivity index (χ4v) is 2.55. The Bertz CT molecular complexity index is 756. The number of hydrogen-bond acceptors (Lipinski definition) is 8. The minimum atomic E-state index is -0.551. The minimum absolute atomic E-state index is 0.0512. The molecule has 1 fully saturated rings. The van der Waals surface area contributed by atoms with Crippen LogP contribution in [0.25, 0.3) is 0 Å². The minimum Gasteiger partial charge on any atom is -0.442 e. The second kappa shape index (κ2) is 12.7. The lowest BCUT2D eigenvalue weighted by atomic mass is 10.1. The number of nitrogens with one attached hydrogen (secondary N) is 2. The highest BCUT2D eigenvalue weighted by molar-refractivity contribution is 5.73. The molecule has 1 aliphatic rings. The van der Waals surface area contributed by atoms with Gasteiger partial charge in [0.1, 0.15) is 11.7 Å². The number of anilines is 1. The summed E-state index contributed by atoms with van der Waals surface area (Å²) in [7, 11) is 0. The molecule has 0 aliphatic carbocycles. The standard InChI is InChI=1S/C15H23N5O2.C6H12N2O/c1-6-15(4,5)22-14(21)19-20(10-11(2)3)13-7-8-17-12(9-16)18-13;1-6(9)8-4-2-7-3-5-8/h7-8,11H,6,10H2,1-5H3,(H,19,21);7H,2-5H2,1H3. The van der Waals surface area contributed by atoms with Crippen molar-refractivity contribution < 1.29 is 14.3 Å². The molecule has 2 heterocycles. The third-order valence-corrected chi connectivity index (χ3v) is 4.57. The zero-order valence-corrected chi connectivity index (χ0v) is 19.4. The van der Waals surface area contributed by atoms with E-state index in [-0.39, 0.29) is 17.6 Å². The maximum atomic E-state index is 12.1. The Labute approximate surface area is 184 Å². The SMILES string of the molecule is CC(=O)N1CCNCC1.CCC(C)(C)OC(=O)NN(CC(C)C)c1ccnc(C#N)n1. The number of amides is 2. The molecule has 0 atom stereocenters. The molecule has 0 aromatic carbocycles. The van der Waals surface area contributed by atoms with Crippen LogP contribution in [0.4, 0.5) is 10.6 Å². The second-order valence-electron chi connectivity index (χ2n) is 8.23. The third kappa shape index (κ3) is 10.1. The Morgan fingerprint density at radius 3 is 2.52 bits per heavy atom. The Morgan fingerprint density at radius 2 is 2.03 bits per heavy atom. The fourth-order valence-electron chi connectivity index (χ4n) is 2.55. The Hall–Kier alpha value is -2.93. The smallest absolute Gasteiger partial charge is 0.426 e. The summed E-state index contributed by atoms with van der Waals surface area (Å²) in [6.07, 6.45) is 1.64. The monoisotopic (exact) mass is 433 g/mol. The first-order chi connectivity index (χ1) is 14.6. The highest BCUT2D eigenvalue weighted by Gasteiger charge is 2.22. The number of nitrogens with zero attached hydrogens (tertiary/aromatic N) is 5. The highest BCUT2D eigenvalue weighted by Crippen LogP contribution is 2.15. The summed E-state index contributed by atoms with van der Waals surface area (Å²) in [6, 6.07) is 3.52. The van der Waals surface area contributed by atoms with Gasteiger partial charge in [-0.05, 0) is 26.2 Å². The number of hydrazine groups is 1. The van der Waals surface area contributed by atoms with Gasteiger partial charge >= 0.3 is 6.09 Å². The molecule has 10 heteroatoms.